The minimum Gasteiger partial charge on any atom is -0.377 e. The van der Waals surface area contributed by atoms with E-state index in [1.807, 2.05) is 13.8 Å². The second-order valence-electron chi connectivity index (χ2n) is 6.59. The summed E-state index contributed by atoms with van der Waals surface area (Å²) in [7, 11) is -0.624. The van der Waals surface area contributed by atoms with Crippen LogP contribution in [0.3, 0.4) is 0 Å². The molecule has 0 aliphatic carbocycles. The molecule has 0 spiro atoms. The zero-order valence-corrected chi connectivity index (χ0v) is 15.1. The second-order valence-corrected chi connectivity index (χ2v) is 8.71. The topological polar surface area (TPSA) is 66.9 Å². The highest BCUT2D eigenvalue weighted by Crippen LogP contribution is 2.25. The summed E-state index contributed by atoms with van der Waals surface area (Å²) < 4.78 is 31.4. The van der Waals surface area contributed by atoms with Crippen LogP contribution in [0.4, 0.5) is 0 Å². The van der Waals surface area contributed by atoms with Crippen LogP contribution in [-0.2, 0) is 14.8 Å². The minimum absolute atomic E-state index is 0.166. The second kappa shape index (κ2) is 6.22. The van der Waals surface area contributed by atoms with Gasteiger partial charge in [-0.15, -0.1) is 0 Å². The van der Waals surface area contributed by atoms with Crippen LogP contribution in [0.1, 0.15) is 29.8 Å². The van der Waals surface area contributed by atoms with Crippen molar-refractivity contribution in [3.05, 3.63) is 29.3 Å². The Morgan fingerprint density at radius 2 is 1.96 bits per heavy atom. The number of carbonyl (C=O) groups excluding carboxylic acids is 1. The van der Waals surface area contributed by atoms with Crippen LogP contribution in [0.25, 0.3) is 0 Å². The number of sulfonamides is 1. The highest BCUT2D eigenvalue weighted by atomic mass is 32.2. The third kappa shape index (κ3) is 3.41. The first kappa shape index (κ1) is 17.9. The van der Waals surface area contributed by atoms with Crippen LogP contribution in [-0.4, -0.2) is 62.9 Å². The lowest BCUT2D eigenvalue weighted by molar-refractivity contribution is -0.0370. The molecule has 1 aromatic carbocycles. The van der Waals surface area contributed by atoms with Gasteiger partial charge >= 0.3 is 0 Å². The van der Waals surface area contributed by atoms with E-state index in [-0.39, 0.29) is 10.8 Å². The molecule has 7 heteroatoms. The van der Waals surface area contributed by atoms with E-state index in [1.165, 1.54) is 20.2 Å². The Labute approximate surface area is 138 Å². The molecule has 0 atom stereocenters. The van der Waals surface area contributed by atoms with Gasteiger partial charge in [0, 0.05) is 26.2 Å². The van der Waals surface area contributed by atoms with Crippen molar-refractivity contribution in [1.82, 2.24) is 9.21 Å². The lowest BCUT2D eigenvalue weighted by atomic mass is 10.0. The minimum atomic E-state index is -3.59. The van der Waals surface area contributed by atoms with Crippen molar-refractivity contribution >= 4 is 15.9 Å². The third-order valence-corrected chi connectivity index (χ3v) is 6.04. The van der Waals surface area contributed by atoms with Crippen molar-refractivity contribution in [3.63, 3.8) is 0 Å². The Hall–Kier alpha value is -1.44. The number of hydrogen-bond donors (Lipinski definition) is 0. The monoisotopic (exact) mass is 340 g/mol. The standard InChI is InChI=1S/C16H24N2O4S/c1-12-6-7-13(10-14(12)23(20,21)17(4)5)15(19)18-8-9-22-11-16(18,2)3/h6-7,10H,8-9,11H2,1-5H3. The maximum Gasteiger partial charge on any atom is 0.254 e. The third-order valence-electron chi connectivity index (χ3n) is 4.08. The molecule has 128 valence electrons. The van der Waals surface area contributed by atoms with Crippen LogP contribution in [0.5, 0.6) is 0 Å². The predicted octanol–water partition coefficient (Wildman–Crippen LogP) is 1.50. The van der Waals surface area contributed by atoms with Crippen LogP contribution >= 0.6 is 0 Å². The van der Waals surface area contributed by atoms with Crippen molar-refractivity contribution < 1.29 is 17.9 Å². The molecule has 1 saturated heterocycles. The van der Waals surface area contributed by atoms with Crippen molar-refractivity contribution in [3.8, 4) is 0 Å². The van der Waals surface area contributed by atoms with Crippen molar-refractivity contribution in [2.75, 3.05) is 33.9 Å². The lowest BCUT2D eigenvalue weighted by Gasteiger charge is -2.42. The highest BCUT2D eigenvalue weighted by Gasteiger charge is 2.35. The summed E-state index contributed by atoms with van der Waals surface area (Å²) >= 11 is 0. The molecular formula is C16H24N2O4S. The predicted molar refractivity (Wildman–Crippen MR) is 88.0 cm³/mol. The van der Waals surface area contributed by atoms with Crippen molar-refractivity contribution in [1.29, 1.82) is 0 Å². The van der Waals surface area contributed by atoms with Gasteiger partial charge in [-0.05, 0) is 38.5 Å². The molecule has 0 unspecified atom stereocenters. The van der Waals surface area contributed by atoms with E-state index in [2.05, 4.69) is 0 Å². The zero-order valence-electron chi connectivity index (χ0n) is 14.3. The molecule has 1 heterocycles. The molecule has 2 rings (SSSR count). The first-order valence-electron chi connectivity index (χ1n) is 7.50. The zero-order chi connectivity index (χ0) is 17.4. The Bertz CT molecular complexity index is 711. The molecule has 23 heavy (non-hydrogen) atoms. The molecule has 1 amide bonds. The molecule has 1 aliphatic heterocycles. The molecule has 1 aromatic rings. The molecule has 0 bridgehead atoms. The van der Waals surface area contributed by atoms with E-state index >= 15 is 0 Å². The number of amides is 1. The normalized spacial score (nSPS) is 18.3. The summed E-state index contributed by atoms with van der Waals surface area (Å²) in [6, 6.07) is 4.83. The molecule has 0 N–H and O–H groups in total. The maximum atomic E-state index is 12.8. The fourth-order valence-corrected chi connectivity index (χ4v) is 3.74. The summed E-state index contributed by atoms with van der Waals surface area (Å²) in [4.78, 5) is 14.7. The average Bonchev–Trinajstić information content (AvgIpc) is 2.46. The van der Waals surface area contributed by atoms with Crippen molar-refractivity contribution in [2.45, 2.75) is 31.2 Å². The summed E-state index contributed by atoms with van der Waals surface area (Å²) in [5, 5.41) is 0. The number of benzene rings is 1. The fraction of sp³-hybridized carbons (Fsp3) is 0.562. The number of morpholine rings is 1. The van der Waals surface area contributed by atoms with E-state index in [0.717, 1.165) is 4.31 Å². The van der Waals surface area contributed by atoms with Gasteiger partial charge in [-0.3, -0.25) is 4.79 Å². The van der Waals surface area contributed by atoms with Crippen LogP contribution in [0, 0.1) is 6.92 Å². The molecule has 1 fully saturated rings. The summed E-state index contributed by atoms with van der Waals surface area (Å²) in [6.07, 6.45) is 0. The van der Waals surface area contributed by atoms with Gasteiger partial charge in [0.15, 0.2) is 0 Å². The van der Waals surface area contributed by atoms with Gasteiger partial charge in [0.1, 0.15) is 0 Å². The van der Waals surface area contributed by atoms with E-state index < -0.39 is 15.6 Å². The Kier molecular flexibility index (Phi) is 4.84. The smallest absolute Gasteiger partial charge is 0.254 e. The van der Waals surface area contributed by atoms with E-state index in [1.54, 1.807) is 24.0 Å². The van der Waals surface area contributed by atoms with Crippen LogP contribution in [0.15, 0.2) is 23.1 Å². The molecule has 6 nitrogen and oxygen atoms in total. The van der Waals surface area contributed by atoms with Gasteiger partial charge in [-0.2, -0.15) is 0 Å². The SMILES string of the molecule is Cc1ccc(C(=O)N2CCOCC2(C)C)cc1S(=O)(=O)N(C)C. The fourth-order valence-electron chi connectivity index (χ4n) is 2.60. The largest absolute Gasteiger partial charge is 0.377 e. The van der Waals surface area contributed by atoms with Crippen LogP contribution in [0.2, 0.25) is 0 Å². The Morgan fingerprint density at radius 3 is 2.52 bits per heavy atom. The van der Waals surface area contributed by atoms with Crippen LogP contribution < -0.4 is 0 Å². The van der Waals surface area contributed by atoms with Crippen molar-refractivity contribution in [2.24, 2.45) is 0 Å². The number of carbonyl (C=O) groups is 1. The van der Waals surface area contributed by atoms with Gasteiger partial charge in [-0.25, -0.2) is 12.7 Å². The lowest BCUT2D eigenvalue weighted by Crippen LogP contribution is -2.55. The molecule has 0 radical (unpaired) electrons. The average molecular weight is 340 g/mol. The first-order valence-corrected chi connectivity index (χ1v) is 8.94. The van der Waals surface area contributed by atoms with E-state index in [9.17, 15) is 13.2 Å². The Balaban J connectivity index is 2.43. The molecule has 0 aromatic heterocycles. The number of aryl methyl sites for hydroxylation is 1. The van der Waals surface area contributed by atoms with Gasteiger partial charge < -0.3 is 9.64 Å². The molecular weight excluding hydrogens is 316 g/mol. The maximum absolute atomic E-state index is 12.8. The number of hydrogen-bond acceptors (Lipinski definition) is 4. The summed E-state index contributed by atoms with van der Waals surface area (Å²) in [5.74, 6) is -0.173. The van der Waals surface area contributed by atoms with Gasteiger partial charge in [0.2, 0.25) is 10.0 Å². The number of rotatable bonds is 3. The molecule has 0 saturated carbocycles. The summed E-state index contributed by atoms with van der Waals surface area (Å²) in [5.41, 5.74) is 0.586. The number of ether oxygens (including phenoxy) is 1. The van der Waals surface area contributed by atoms with Gasteiger partial charge in [0.05, 0.1) is 23.6 Å². The summed E-state index contributed by atoms with van der Waals surface area (Å²) in [6.45, 7) is 7.06. The van der Waals surface area contributed by atoms with E-state index in [0.29, 0.717) is 30.9 Å². The number of nitrogens with zero attached hydrogens (tertiary/aromatic N) is 2. The van der Waals surface area contributed by atoms with E-state index in [4.69, 9.17) is 4.74 Å². The highest BCUT2D eigenvalue weighted by molar-refractivity contribution is 7.89. The first-order chi connectivity index (χ1) is 10.6. The van der Waals surface area contributed by atoms with Gasteiger partial charge in [-0.1, -0.05) is 6.07 Å². The quantitative estimate of drug-likeness (QED) is 0.836. The van der Waals surface area contributed by atoms with Gasteiger partial charge in [0.25, 0.3) is 5.91 Å². The Morgan fingerprint density at radius 1 is 1.30 bits per heavy atom. The molecule has 1 aliphatic rings.